The van der Waals surface area contributed by atoms with Crippen LogP contribution in [0.1, 0.15) is 5.56 Å². The molecular weight excluding hydrogens is 457 g/mol. The molecule has 0 radical (unpaired) electrons. The van der Waals surface area contributed by atoms with Crippen LogP contribution < -0.4 is 45.0 Å². The van der Waals surface area contributed by atoms with Crippen molar-refractivity contribution < 1.29 is 28.8 Å². The van der Waals surface area contributed by atoms with E-state index < -0.39 is 0 Å². The molecule has 0 aromatic heterocycles. The van der Waals surface area contributed by atoms with Gasteiger partial charge in [-0.1, -0.05) is 0 Å². The first-order valence-electron chi connectivity index (χ1n) is 11.6. The van der Waals surface area contributed by atoms with Gasteiger partial charge in [0.15, 0.2) is 0 Å². The molecule has 7 nitrogen and oxygen atoms in total. The maximum absolute atomic E-state index is 10.1. The van der Waals surface area contributed by atoms with Crippen molar-refractivity contribution in [3.63, 3.8) is 0 Å². The Balaban J connectivity index is 1.58. The molecule has 0 bridgehead atoms. The monoisotopic (exact) mass is 479 g/mol. The van der Waals surface area contributed by atoms with Gasteiger partial charge in [-0.25, -0.2) is 0 Å². The van der Waals surface area contributed by atoms with Crippen LogP contribution >= 0.6 is 0 Å². The summed E-state index contributed by atoms with van der Waals surface area (Å²) in [6, 6.07) is 19.6. The average molecular weight is 479 g/mol. The van der Waals surface area contributed by atoms with E-state index >= 15 is 0 Å². The number of aliphatic hydroxyl groups is 1. The fraction of sp³-hybridized carbons (Fsp3) is 0.143. The summed E-state index contributed by atoms with van der Waals surface area (Å²) in [6.45, 7) is -0.216. The Bertz CT molecular complexity index is 1460. The van der Waals surface area contributed by atoms with Crippen LogP contribution in [0.25, 0.3) is 0 Å². The molecule has 0 saturated heterocycles. The van der Waals surface area contributed by atoms with E-state index in [0.717, 1.165) is 50.5 Å². The fourth-order valence-corrected chi connectivity index (χ4v) is 5.54. The molecule has 0 aliphatic carbocycles. The van der Waals surface area contributed by atoms with E-state index in [0.29, 0.717) is 28.7 Å². The van der Waals surface area contributed by atoms with Gasteiger partial charge in [-0.2, -0.15) is 0 Å². The van der Waals surface area contributed by atoms with Crippen molar-refractivity contribution in [2.75, 3.05) is 26.2 Å². The Kier molecular flexibility index (Phi) is 4.44. The van der Waals surface area contributed by atoms with E-state index in [1.54, 1.807) is 21.3 Å². The zero-order valence-corrected chi connectivity index (χ0v) is 20.0. The second-order valence-corrected chi connectivity index (χ2v) is 8.95. The van der Waals surface area contributed by atoms with Crippen LogP contribution in [0.5, 0.6) is 40.2 Å². The molecule has 0 unspecified atom stereocenters. The standard InChI is InChI=1S/C28H22BNO6/c1-32-17-6-4-16(5-7-17)30-20-8-15(14-31)9-22-26(20)29-27-21(30)10-18(33-2)11-23(27)36-25-13-19(34-3)12-24(35-22)28(25)29/h4-13,31H,14H2,1-3H3. The molecule has 7 rings (SSSR count). The summed E-state index contributed by atoms with van der Waals surface area (Å²) in [4.78, 5) is 2.17. The largest absolute Gasteiger partial charge is 0.497 e. The summed E-state index contributed by atoms with van der Waals surface area (Å²) in [7, 11) is 4.93. The summed E-state index contributed by atoms with van der Waals surface area (Å²) in [5, 5.41) is 10.1. The molecule has 4 aromatic rings. The lowest BCUT2D eigenvalue weighted by Gasteiger charge is -2.43. The molecule has 36 heavy (non-hydrogen) atoms. The number of ether oxygens (including phenoxy) is 5. The number of rotatable bonds is 5. The van der Waals surface area contributed by atoms with Crippen LogP contribution in [0.3, 0.4) is 0 Å². The SMILES string of the molecule is COc1ccc(N2c3cc(CO)cc4c3B3c5c(cc(OC)cc5Oc5cc(OC)cc2c53)O4)cc1. The van der Waals surface area contributed by atoms with E-state index in [1.807, 2.05) is 60.7 Å². The van der Waals surface area contributed by atoms with Gasteiger partial charge in [0.05, 0.1) is 27.9 Å². The van der Waals surface area contributed by atoms with Gasteiger partial charge < -0.3 is 33.7 Å². The molecule has 4 aromatic carbocycles. The Morgan fingerprint density at radius 1 is 0.667 bits per heavy atom. The zero-order chi connectivity index (χ0) is 24.6. The molecule has 8 heteroatoms. The van der Waals surface area contributed by atoms with E-state index in [4.69, 9.17) is 23.7 Å². The topological polar surface area (TPSA) is 69.6 Å². The summed E-state index contributed by atoms with van der Waals surface area (Å²) in [5.74, 6) is 4.92. The Morgan fingerprint density at radius 3 is 1.78 bits per heavy atom. The van der Waals surface area contributed by atoms with Crippen molar-refractivity contribution in [2.24, 2.45) is 0 Å². The van der Waals surface area contributed by atoms with Crippen LogP contribution in [0, 0.1) is 0 Å². The smallest absolute Gasteiger partial charge is 0.266 e. The van der Waals surface area contributed by atoms with Gasteiger partial charge >= 0.3 is 0 Å². The highest BCUT2D eigenvalue weighted by molar-refractivity contribution is 7.00. The van der Waals surface area contributed by atoms with Crippen molar-refractivity contribution in [3.05, 3.63) is 66.2 Å². The second-order valence-electron chi connectivity index (χ2n) is 8.95. The molecule has 0 spiro atoms. The molecule has 178 valence electrons. The molecule has 0 saturated carbocycles. The first kappa shape index (κ1) is 21.0. The molecule has 1 N–H and O–H groups in total. The lowest BCUT2D eigenvalue weighted by atomic mass is 9.33. The molecule has 3 aliphatic rings. The highest BCUT2D eigenvalue weighted by atomic mass is 16.5. The van der Waals surface area contributed by atoms with Crippen LogP contribution in [0.4, 0.5) is 17.1 Å². The number of nitrogens with zero attached hydrogens (tertiary/aromatic N) is 1. The number of hydrogen-bond donors (Lipinski definition) is 1. The average Bonchev–Trinajstić information content (AvgIpc) is 2.92. The number of benzene rings is 4. The van der Waals surface area contributed by atoms with E-state index in [9.17, 15) is 5.11 Å². The molecular formula is C28H22BNO6. The highest BCUT2D eigenvalue weighted by Gasteiger charge is 2.48. The minimum Gasteiger partial charge on any atom is -0.497 e. The third kappa shape index (κ3) is 2.79. The summed E-state index contributed by atoms with van der Waals surface area (Å²) < 4.78 is 29.5. The fourth-order valence-electron chi connectivity index (χ4n) is 5.54. The molecule has 0 fully saturated rings. The summed E-state index contributed by atoms with van der Waals surface area (Å²) in [6.07, 6.45) is 0. The number of hydrogen-bond acceptors (Lipinski definition) is 7. The van der Waals surface area contributed by atoms with Gasteiger partial charge in [0.25, 0.3) is 6.71 Å². The normalized spacial score (nSPS) is 13.4. The van der Waals surface area contributed by atoms with Crippen molar-refractivity contribution in [1.29, 1.82) is 0 Å². The molecule has 0 atom stereocenters. The van der Waals surface area contributed by atoms with Crippen LogP contribution in [0.15, 0.2) is 60.7 Å². The van der Waals surface area contributed by atoms with Gasteiger partial charge in [0.2, 0.25) is 0 Å². The zero-order valence-electron chi connectivity index (χ0n) is 20.0. The van der Waals surface area contributed by atoms with Crippen molar-refractivity contribution in [1.82, 2.24) is 0 Å². The van der Waals surface area contributed by atoms with Gasteiger partial charge in [-0.15, -0.1) is 0 Å². The third-order valence-electron chi connectivity index (χ3n) is 7.12. The van der Waals surface area contributed by atoms with E-state index in [2.05, 4.69) is 4.90 Å². The van der Waals surface area contributed by atoms with Crippen LogP contribution in [-0.2, 0) is 6.61 Å². The van der Waals surface area contributed by atoms with Gasteiger partial charge in [-0.05, 0) is 52.9 Å². The van der Waals surface area contributed by atoms with E-state index in [-0.39, 0.29) is 13.3 Å². The van der Waals surface area contributed by atoms with Gasteiger partial charge in [0.1, 0.15) is 40.2 Å². The first-order valence-corrected chi connectivity index (χ1v) is 11.6. The summed E-state index contributed by atoms with van der Waals surface area (Å²) in [5.41, 5.74) is 6.62. The lowest BCUT2D eigenvalue weighted by molar-refractivity contribution is 0.281. The highest BCUT2D eigenvalue weighted by Crippen LogP contribution is 2.48. The number of anilines is 3. The maximum Gasteiger partial charge on any atom is 0.266 e. The van der Waals surface area contributed by atoms with Crippen molar-refractivity contribution >= 4 is 40.2 Å². The maximum atomic E-state index is 10.1. The molecule has 0 amide bonds. The predicted octanol–water partition coefficient (Wildman–Crippen LogP) is 3.72. The van der Waals surface area contributed by atoms with Crippen LogP contribution in [-0.4, -0.2) is 33.1 Å². The van der Waals surface area contributed by atoms with Crippen molar-refractivity contribution in [3.8, 4) is 40.2 Å². The number of methoxy groups -OCH3 is 3. The van der Waals surface area contributed by atoms with Gasteiger partial charge in [0, 0.05) is 46.8 Å². The summed E-state index contributed by atoms with van der Waals surface area (Å²) >= 11 is 0. The van der Waals surface area contributed by atoms with Crippen molar-refractivity contribution in [2.45, 2.75) is 6.61 Å². The minimum atomic E-state index is -0.111. The Morgan fingerprint density at radius 2 is 1.19 bits per heavy atom. The lowest BCUT2D eigenvalue weighted by Crippen LogP contribution is -2.61. The molecule has 3 heterocycles. The third-order valence-corrected chi connectivity index (χ3v) is 7.12. The minimum absolute atomic E-state index is 0.105. The molecule has 3 aliphatic heterocycles. The first-order chi connectivity index (χ1) is 17.6. The van der Waals surface area contributed by atoms with E-state index in [1.165, 1.54) is 0 Å². The van der Waals surface area contributed by atoms with Gasteiger partial charge in [-0.3, -0.25) is 0 Å². The Labute approximate surface area is 208 Å². The number of aliphatic hydroxyl groups excluding tert-OH is 1. The predicted molar refractivity (Wildman–Crippen MR) is 138 cm³/mol. The Hall–Kier alpha value is -4.30. The quantitative estimate of drug-likeness (QED) is 0.378. The van der Waals surface area contributed by atoms with Crippen LogP contribution in [0.2, 0.25) is 0 Å². The second kappa shape index (κ2) is 7.60.